The largest absolute Gasteiger partial charge is 0.478 e. The van der Waals surface area contributed by atoms with Crippen LogP contribution < -0.4 is 0 Å². The van der Waals surface area contributed by atoms with Crippen LogP contribution in [0.1, 0.15) is 12.5 Å². The summed E-state index contributed by atoms with van der Waals surface area (Å²) in [5.41, 5.74) is -0.648. The summed E-state index contributed by atoms with van der Waals surface area (Å²) in [4.78, 5) is 26.1. The lowest BCUT2D eigenvalue weighted by Crippen LogP contribution is -2.45. The molecule has 0 aromatic heterocycles. The van der Waals surface area contributed by atoms with Crippen molar-refractivity contribution >= 4 is 23.5 Å². The van der Waals surface area contributed by atoms with Gasteiger partial charge in [-0.2, -0.15) is 0 Å². The Hall–Kier alpha value is -2.35. The lowest BCUT2D eigenvalue weighted by atomic mass is 9.66. The third-order valence-corrected chi connectivity index (χ3v) is 5.12. The Kier molecular flexibility index (Phi) is 6.30. The zero-order valence-corrected chi connectivity index (χ0v) is 16.3. The van der Waals surface area contributed by atoms with Crippen LogP contribution in [0.5, 0.6) is 0 Å². The molecule has 1 aliphatic heterocycles. The average Bonchev–Trinajstić information content (AvgIpc) is 2.59. The molecule has 1 aromatic carbocycles. The van der Waals surface area contributed by atoms with E-state index in [9.17, 15) is 19.8 Å². The first-order chi connectivity index (χ1) is 12.7. The number of carbonyl (C=O) groups is 2. The van der Waals surface area contributed by atoms with Gasteiger partial charge in [0.2, 0.25) is 0 Å². The highest BCUT2D eigenvalue weighted by Gasteiger charge is 2.50. The molecule has 0 saturated heterocycles. The molecule has 8 heteroatoms. The van der Waals surface area contributed by atoms with Gasteiger partial charge in [0.1, 0.15) is 0 Å². The Bertz CT molecular complexity index is 787. The highest BCUT2D eigenvalue weighted by atomic mass is 35.5. The second-order valence-corrected chi connectivity index (χ2v) is 6.69. The summed E-state index contributed by atoms with van der Waals surface area (Å²) in [6.07, 6.45) is 0. The Labute approximate surface area is 162 Å². The molecule has 146 valence electrons. The SMILES string of the molecule is COCC1=C(C(=O)O)C(C)(c2ccccc2Cl)C(C(=O)O)=C(COC)N1C. The number of aliphatic carboxylic acids is 2. The number of halogens is 1. The molecule has 1 aliphatic rings. The summed E-state index contributed by atoms with van der Waals surface area (Å²) >= 11 is 6.37. The number of likely N-dealkylation sites (N-methyl/N-ethyl adjacent to an activating group) is 1. The first-order valence-corrected chi connectivity index (χ1v) is 8.50. The summed E-state index contributed by atoms with van der Waals surface area (Å²) in [6, 6.07) is 6.63. The number of carboxylic acids is 2. The van der Waals surface area contributed by atoms with E-state index >= 15 is 0 Å². The van der Waals surface area contributed by atoms with Crippen molar-refractivity contribution in [2.45, 2.75) is 12.3 Å². The van der Waals surface area contributed by atoms with Gasteiger partial charge in [-0.15, -0.1) is 0 Å². The van der Waals surface area contributed by atoms with E-state index in [1.807, 2.05) is 0 Å². The minimum absolute atomic E-state index is 0.0156. The van der Waals surface area contributed by atoms with Gasteiger partial charge in [0.25, 0.3) is 0 Å². The minimum atomic E-state index is -1.51. The summed E-state index contributed by atoms with van der Waals surface area (Å²) in [5, 5.41) is 20.3. The zero-order chi connectivity index (χ0) is 20.4. The normalized spacial score (nSPS) is 16.7. The van der Waals surface area contributed by atoms with Crippen molar-refractivity contribution in [2.24, 2.45) is 0 Å². The van der Waals surface area contributed by atoms with E-state index in [2.05, 4.69) is 0 Å². The second-order valence-electron chi connectivity index (χ2n) is 6.28. The first kappa shape index (κ1) is 21.0. The maximum Gasteiger partial charge on any atom is 0.334 e. The van der Waals surface area contributed by atoms with Gasteiger partial charge in [-0.1, -0.05) is 29.8 Å². The molecule has 2 rings (SSSR count). The molecule has 1 heterocycles. The van der Waals surface area contributed by atoms with E-state index in [-0.39, 0.29) is 29.4 Å². The molecule has 27 heavy (non-hydrogen) atoms. The summed E-state index contributed by atoms with van der Waals surface area (Å²) in [6.45, 7) is 1.52. The van der Waals surface area contributed by atoms with Crippen molar-refractivity contribution in [1.82, 2.24) is 4.90 Å². The van der Waals surface area contributed by atoms with Crippen molar-refractivity contribution < 1.29 is 29.3 Å². The van der Waals surface area contributed by atoms with Gasteiger partial charge in [-0.3, -0.25) is 0 Å². The number of hydrogen-bond donors (Lipinski definition) is 2. The van der Waals surface area contributed by atoms with Crippen molar-refractivity contribution in [3.8, 4) is 0 Å². The van der Waals surface area contributed by atoms with Gasteiger partial charge >= 0.3 is 11.9 Å². The highest BCUT2D eigenvalue weighted by molar-refractivity contribution is 6.31. The van der Waals surface area contributed by atoms with Crippen LogP contribution in [0.4, 0.5) is 0 Å². The molecule has 0 fully saturated rings. The van der Waals surface area contributed by atoms with Crippen molar-refractivity contribution in [3.63, 3.8) is 0 Å². The van der Waals surface area contributed by atoms with Gasteiger partial charge in [-0.05, 0) is 18.6 Å². The van der Waals surface area contributed by atoms with E-state index in [1.54, 1.807) is 38.2 Å². The molecule has 0 radical (unpaired) electrons. The number of methoxy groups -OCH3 is 2. The average molecular weight is 396 g/mol. The summed E-state index contributed by atoms with van der Waals surface area (Å²) in [7, 11) is 4.49. The van der Waals surface area contributed by atoms with Crippen LogP contribution in [-0.2, 0) is 24.5 Å². The number of nitrogens with zero attached hydrogens (tertiary/aromatic N) is 1. The Morgan fingerprint density at radius 3 is 1.85 bits per heavy atom. The van der Waals surface area contributed by atoms with E-state index in [4.69, 9.17) is 21.1 Å². The molecule has 0 aliphatic carbocycles. The number of carboxylic acid groups (broad SMARTS) is 2. The molecular weight excluding hydrogens is 374 g/mol. The van der Waals surface area contributed by atoms with Crippen LogP contribution in [0.2, 0.25) is 5.02 Å². The monoisotopic (exact) mass is 395 g/mol. The van der Waals surface area contributed by atoms with Gasteiger partial charge in [0.05, 0.1) is 41.2 Å². The van der Waals surface area contributed by atoms with E-state index < -0.39 is 17.4 Å². The molecule has 2 N–H and O–H groups in total. The molecule has 0 unspecified atom stereocenters. The quantitative estimate of drug-likeness (QED) is 0.732. The van der Waals surface area contributed by atoms with Crippen LogP contribution in [0, 0.1) is 0 Å². The number of rotatable bonds is 7. The van der Waals surface area contributed by atoms with Crippen molar-refractivity contribution in [3.05, 3.63) is 57.4 Å². The summed E-state index contributed by atoms with van der Waals surface area (Å²) in [5.74, 6) is -2.49. The van der Waals surface area contributed by atoms with Gasteiger partial charge in [0.15, 0.2) is 0 Å². The predicted octanol–water partition coefficient (Wildman–Crippen LogP) is 2.51. The molecule has 1 aromatic rings. The molecular formula is C19H22ClNO6. The van der Waals surface area contributed by atoms with E-state index in [0.717, 1.165) is 0 Å². The predicted molar refractivity (Wildman–Crippen MR) is 99.6 cm³/mol. The molecule has 0 amide bonds. The Balaban J connectivity index is 2.99. The fraction of sp³-hybridized carbons (Fsp3) is 0.368. The smallest absolute Gasteiger partial charge is 0.334 e. The maximum atomic E-state index is 12.3. The van der Waals surface area contributed by atoms with Crippen molar-refractivity contribution in [2.75, 3.05) is 34.5 Å². The second kappa shape index (κ2) is 8.12. The van der Waals surface area contributed by atoms with Gasteiger partial charge in [-0.25, -0.2) is 9.59 Å². The fourth-order valence-corrected chi connectivity index (χ4v) is 3.95. The zero-order valence-electron chi connectivity index (χ0n) is 15.6. The van der Waals surface area contributed by atoms with Crippen molar-refractivity contribution in [1.29, 1.82) is 0 Å². The van der Waals surface area contributed by atoms with Gasteiger partial charge in [0, 0.05) is 26.3 Å². The van der Waals surface area contributed by atoms with E-state index in [1.165, 1.54) is 19.1 Å². The minimum Gasteiger partial charge on any atom is -0.478 e. The maximum absolute atomic E-state index is 12.3. The van der Waals surface area contributed by atoms with Crippen LogP contribution in [0.15, 0.2) is 46.8 Å². The number of benzene rings is 1. The van der Waals surface area contributed by atoms with Crippen LogP contribution >= 0.6 is 11.6 Å². The molecule has 0 bridgehead atoms. The third-order valence-electron chi connectivity index (χ3n) is 4.79. The third kappa shape index (κ3) is 3.45. The molecule has 7 nitrogen and oxygen atoms in total. The Morgan fingerprint density at radius 1 is 1.04 bits per heavy atom. The topological polar surface area (TPSA) is 96.3 Å². The Morgan fingerprint density at radius 2 is 1.48 bits per heavy atom. The molecule has 0 spiro atoms. The highest BCUT2D eigenvalue weighted by Crippen LogP contribution is 2.48. The van der Waals surface area contributed by atoms with Crippen LogP contribution in [0.25, 0.3) is 0 Å². The standard InChI is InChI=1S/C19H22ClNO6/c1-19(11-7-5-6-8-12(11)20)15(17(22)23)13(9-26-3)21(2)14(10-27-4)16(19)18(24)25/h5-8H,9-10H2,1-4H3,(H,22,23)(H,24,25). The number of hydrogen-bond acceptors (Lipinski definition) is 5. The van der Waals surface area contributed by atoms with Crippen LogP contribution in [0.3, 0.4) is 0 Å². The first-order valence-electron chi connectivity index (χ1n) is 8.12. The van der Waals surface area contributed by atoms with Gasteiger partial charge < -0.3 is 24.6 Å². The fourth-order valence-electron chi connectivity index (χ4n) is 3.62. The van der Waals surface area contributed by atoms with Crippen LogP contribution in [-0.4, -0.2) is 61.5 Å². The van der Waals surface area contributed by atoms with E-state index in [0.29, 0.717) is 17.0 Å². The lowest BCUT2D eigenvalue weighted by molar-refractivity contribution is -0.134. The molecule has 0 saturated carbocycles. The summed E-state index contributed by atoms with van der Waals surface area (Å²) < 4.78 is 10.4. The number of ether oxygens (including phenoxy) is 2. The molecule has 0 atom stereocenters. The lowest BCUT2D eigenvalue weighted by Gasteiger charge is -2.43.